The Morgan fingerprint density at radius 1 is 0.972 bits per heavy atom. The number of methoxy groups -OCH3 is 1. The van der Waals surface area contributed by atoms with E-state index in [1.165, 1.54) is 89.1 Å². The number of para-hydroxylation sites is 1. The number of hydrogen-bond acceptors (Lipinski definition) is 4. The summed E-state index contributed by atoms with van der Waals surface area (Å²) in [5.41, 5.74) is 3.57. The van der Waals surface area contributed by atoms with Gasteiger partial charge in [0.05, 0.1) is 35.6 Å². The summed E-state index contributed by atoms with van der Waals surface area (Å²) < 4.78 is 31.0. The molecule has 2 aromatic rings. The maximum absolute atomic E-state index is 11.9. The molecule has 0 radical (unpaired) electrons. The number of hydrogen-bond donors (Lipinski definition) is 0. The zero-order valence-electron chi connectivity index (χ0n) is 21.4. The predicted molar refractivity (Wildman–Crippen MR) is 150 cm³/mol. The van der Waals surface area contributed by atoms with E-state index in [0.717, 1.165) is 11.3 Å². The van der Waals surface area contributed by atoms with Gasteiger partial charge in [-0.15, -0.1) is 12.1 Å². The molecule has 1 atom stereocenters. The molecule has 0 spiro atoms. The number of nitrogens with zero attached hydrogens (tertiary/aromatic N) is 1. The van der Waals surface area contributed by atoms with Crippen molar-refractivity contribution in [2.75, 3.05) is 26.1 Å². The molecule has 0 amide bonds. The van der Waals surface area contributed by atoms with Crippen LogP contribution >= 0.6 is 17.1 Å². The van der Waals surface area contributed by atoms with Crippen molar-refractivity contribution in [3.05, 3.63) is 48.5 Å². The fourth-order valence-electron chi connectivity index (χ4n) is 5.41. The fraction of sp³-hybridized carbons (Fsp3) is 0.556. The van der Waals surface area contributed by atoms with Crippen molar-refractivity contribution in [1.82, 2.24) is 0 Å². The molecule has 0 N–H and O–H groups in total. The Hall–Kier alpha value is -0.620. The second-order valence-electron chi connectivity index (χ2n) is 9.39. The molecule has 4 nitrogen and oxygen atoms in total. The first-order valence-corrected chi connectivity index (χ1v) is 17.9. The summed E-state index contributed by atoms with van der Waals surface area (Å²) in [5.74, 6) is 0.389. The molecule has 206 valence electrons. The van der Waals surface area contributed by atoms with E-state index in [0.29, 0.717) is 5.75 Å². The van der Waals surface area contributed by atoms with Gasteiger partial charge in [0.1, 0.15) is 5.30 Å². The van der Waals surface area contributed by atoms with Gasteiger partial charge < -0.3 is 13.8 Å². The number of benzene rings is 2. The molecule has 0 aromatic heterocycles. The molecule has 2 aliphatic rings. The minimum atomic E-state index is -2.83. The molecule has 4 rings (SSSR count). The molecule has 2 saturated carbocycles. The minimum absolute atomic E-state index is 0.0702. The topological polar surface area (TPSA) is 38.8 Å². The number of ether oxygens (including phenoxy) is 1. The molecule has 1 unspecified atom stereocenters. The first-order chi connectivity index (χ1) is 17.5. The molecule has 0 aliphatic heterocycles. The van der Waals surface area contributed by atoms with Crippen molar-refractivity contribution in [2.45, 2.75) is 75.5 Å². The summed E-state index contributed by atoms with van der Waals surface area (Å²) in [6.45, 7) is 0. The maximum atomic E-state index is 11.9. The first kappa shape index (κ1) is 31.6. The van der Waals surface area contributed by atoms with Gasteiger partial charge in [-0.3, -0.25) is 0 Å². The molecule has 36 heavy (non-hydrogen) atoms. The molecule has 2 fully saturated rings. The second kappa shape index (κ2) is 17.8. The SMILES string of the molecule is CN(C)c1ccccc1[PH+](C1CCCCC1)C1CCCCC1.COc1cc[c-]cc1OS(=O)F.[Cl][Au]. The van der Waals surface area contributed by atoms with Crippen LogP contribution in [0.4, 0.5) is 9.57 Å². The third-order valence-corrected chi connectivity index (χ3v) is 11.2. The van der Waals surface area contributed by atoms with E-state index in [9.17, 15) is 8.09 Å². The Labute approximate surface area is 237 Å². The molecular formula is C27H39AuClFNO3PS. The van der Waals surface area contributed by atoms with Crippen LogP contribution in [0.15, 0.2) is 42.5 Å². The summed E-state index contributed by atoms with van der Waals surface area (Å²) in [7, 11) is 9.99. The van der Waals surface area contributed by atoms with E-state index in [2.05, 4.69) is 62.7 Å². The number of halogens is 2. The van der Waals surface area contributed by atoms with Crippen molar-refractivity contribution in [1.29, 1.82) is 0 Å². The third-order valence-electron chi connectivity index (χ3n) is 6.95. The number of rotatable bonds is 7. The Morgan fingerprint density at radius 2 is 1.53 bits per heavy atom. The Bertz CT molecular complexity index is 896. The van der Waals surface area contributed by atoms with Crippen LogP contribution in [0.25, 0.3) is 0 Å². The zero-order valence-corrected chi connectivity index (χ0v) is 26.1. The van der Waals surface area contributed by atoms with Crippen LogP contribution < -0.4 is 19.1 Å². The average molecular weight is 740 g/mol. The molecule has 2 aliphatic carbocycles. The Morgan fingerprint density at radius 3 is 2.03 bits per heavy atom. The zero-order chi connectivity index (χ0) is 26.3. The van der Waals surface area contributed by atoms with Gasteiger partial charge in [-0.05, 0) is 63.5 Å². The number of anilines is 1. The van der Waals surface area contributed by atoms with E-state index >= 15 is 0 Å². The fourth-order valence-corrected chi connectivity index (χ4v) is 10.2. The standard InChI is InChI=1S/C20H32NP.C7H6FO3S.Au.ClH/c1-21(2)19-15-9-10-16-20(19)22(17-11-5-3-6-12-17)18-13-7-4-8-14-18;1-10-6-4-2-3-5-7(6)11-12(8)9;;/h9-10,15-18H,3-8,11-14H2,1-2H3;2,4-5H,1H3;;1H/q;-1;+1;. The quantitative estimate of drug-likeness (QED) is 0.129. The van der Waals surface area contributed by atoms with Crippen LogP contribution in [0.3, 0.4) is 0 Å². The van der Waals surface area contributed by atoms with Crippen LogP contribution in [0.1, 0.15) is 64.2 Å². The first-order valence-electron chi connectivity index (χ1n) is 12.6. The summed E-state index contributed by atoms with van der Waals surface area (Å²) >= 11 is -1.08. The average Bonchev–Trinajstić information content (AvgIpc) is 2.92. The van der Waals surface area contributed by atoms with Crippen molar-refractivity contribution in [2.24, 2.45) is 0 Å². The summed E-state index contributed by atoms with van der Waals surface area (Å²) in [5, 5.41) is 1.75. The van der Waals surface area contributed by atoms with Crippen molar-refractivity contribution in [3.8, 4) is 11.5 Å². The van der Waals surface area contributed by atoms with Gasteiger partial charge in [-0.25, -0.2) is 0 Å². The van der Waals surface area contributed by atoms with Crippen molar-refractivity contribution in [3.63, 3.8) is 0 Å². The van der Waals surface area contributed by atoms with Crippen LogP contribution in [0, 0.1) is 6.07 Å². The molecule has 2 aromatic carbocycles. The molecule has 0 bridgehead atoms. The summed E-state index contributed by atoms with van der Waals surface area (Å²) in [4.78, 5) is 2.35. The van der Waals surface area contributed by atoms with Gasteiger partial charge in [0.25, 0.3) is 0 Å². The molecule has 0 heterocycles. The van der Waals surface area contributed by atoms with Gasteiger partial charge in [-0.1, -0.05) is 28.9 Å². The van der Waals surface area contributed by atoms with Crippen molar-refractivity contribution >= 4 is 39.6 Å². The van der Waals surface area contributed by atoms with Crippen LogP contribution in [0.2, 0.25) is 0 Å². The Kier molecular flexibility index (Phi) is 15.6. The van der Waals surface area contributed by atoms with Crippen LogP contribution in [-0.2, 0) is 31.5 Å². The molecule has 0 saturated heterocycles. The Balaban J connectivity index is 0.000000277. The van der Waals surface area contributed by atoms with Crippen LogP contribution in [0.5, 0.6) is 11.5 Å². The normalized spacial score (nSPS) is 17.2. The predicted octanol–water partition coefficient (Wildman–Crippen LogP) is 7.37. The monoisotopic (exact) mass is 739 g/mol. The van der Waals surface area contributed by atoms with Gasteiger partial charge in [-0.2, -0.15) is 16.3 Å². The molecular weight excluding hydrogens is 701 g/mol. The second-order valence-corrected chi connectivity index (χ2v) is 13.0. The summed E-state index contributed by atoms with van der Waals surface area (Å²) in [6.07, 6.45) is 14.9. The van der Waals surface area contributed by atoms with Gasteiger partial charge in [0.15, 0.2) is 0 Å². The van der Waals surface area contributed by atoms with Gasteiger partial charge in [0.2, 0.25) is 0 Å². The van der Waals surface area contributed by atoms with Crippen LogP contribution in [-0.4, -0.2) is 36.7 Å². The van der Waals surface area contributed by atoms with E-state index in [-0.39, 0.29) is 5.75 Å². The van der Waals surface area contributed by atoms with E-state index < -0.39 is 19.4 Å². The van der Waals surface area contributed by atoms with E-state index in [4.69, 9.17) is 4.74 Å². The molecule has 9 heteroatoms. The van der Waals surface area contributed by atoms with Crippen molar-refractivity contribution < 1.29 is 37.0 Å². The third kappa shape index (κ3) is 9.93. The summed E-state index contributed by atoms with van der Waals surface area (Å²) in [6, 6.07) is 16.4. The van der Waals surface area contributed by atoms with Gasteiger partial charge >= 0.3 is 40.6 Å². The van der Waals surface area contributed by atoms with Gasteiger partial charge in [0, 0.05) is 22.0 Å². The van der Waals surface area contributed by atoms with E-state index in [1.807, 2.05) is 0 Å². The van der Waals surface area contributed by atoms with E-state index in [1.54, 1.807) is 31.4 Å².